The molecule has 0 radical (unpaired) electrons. The fourth-order valence-corrected chi connectivity index (χ4v) is 0.815. The van der Waals surface area contributed by atoms with Gasteiger partial charge in [0.25, 0.3) is 0 Å². The highest BCUT2D eigenvalue weighted by molar-refractivity contribution is 5.80. The van der Waals surface area contributed by atoms with Crippen molar-refractivity contribution in [3.05, 3.63) is 0 Å². The zero-order valence-corrected chi connectivity index (χ0v) is 11.7. The highest BCUT2D eigenvalue weighted by atomic mass is 19.4. The molecule has 0 aliphatic carbocycles. The first kappa shape index (κ1) is 17.7. The second kappa shape index (κ2) is 5.79. The van der Waals surface area contributed by atoms with E-state index in [-0.39, 0.29) is 0 Å². The Labute approximate surface area is 110 Å². The molecule has 112 valence electrons. The molecule has 0 aromatic rings. The average Bonchev–Trinajstić information content (AvgIpc) is 2.20. The Hall–Kier alpha value is -1.27. The minimum atomic E-state index is -4.59. The maximum Gasteiger partial charge on any atom is 0.422 e. The predicted molar refractivity (Wildman–Crippen MR) is 61.2 cm³/mol. The molecule has 19 heavy (non-hydrogen) atoms. The summed E-state index contributed by atoms with van der Waals surface area (Å²) in [5.74, 6) is -1.89. The van der Waals surface area contributed by atoms with E-state index in [0.717, 1.165) is 0 Å². The van der Waals surface area contributed by atoms with Crippen molar-refractivity contribution >= 4 is 11.9 Å². The number of rotatable bonds is 4. The molecule has 4 nitrogen and oxygen atoms in total. The first-order chi connectivity index (χ1) is 8.27. The summed E-state index contributed by atoms with van der Waals surface area (Å²) in [6, 6.07) is 0. The second-order valence-corrected chi connectivity index (χ2v) is 5.73. The van der Waals surface area contributed by atoms with Crippen LogP contribution in [-0.2, 0) is 19.1 Å². The summed E-state index contributed by atoms with van der Waals surface area (Å²) < 4.78 is 43.9. The van der Waals surface area contributed by atoms with Crippen molar-refractivity contribution in [3.63, 3.8) is 0 Å². The molecule has 0 aromatic carbocycles. The van der Waals surface area contributed by atoms with Crippen LogP contribution in [-0.4, -0.2) is 31.3 Å². The largest absolute Gasteiger partial charge is 0.454 e. The number of alkyl halides is 3. The molecule has 0 heterocycles. The Morgan fingerprint density at radius 3 is 1.79 bits per heavy atom. The molecule has 0 saturated carbocycles. The number of halogens is 3. The van der Waals surface area contributed by atoms with Crippen LogP contribution in [0.15, 0.2) is 0 Å². The van der Waals surface area contributed by atoms with E-state index in [1.165, 1.54) is 0 Å². The molecule has 0 aliphatic heterocycles. The number of hydrogen-bond donors (Lipinski definition) is 0. The lowest BCUT2D eigenvalue weighted by Gasteiger charge is -2.35. The SMILES string of the molecule is CC(C)(C)C(C)(C)C(=O)OCC(=O)OCC(F)(F)F. The van der Waals surface area contributed by atoms with Crippen molar-refractivity contribution in [2.45, 2.75) is 40.8 Å². The van der Waals surface area contributed by atoms with Crippen LogP contribution in [0.3, 0.4) is 0 Å². The molecule has 0 amide bonds. The lowest BCUT2D eigenvalue weighted by molar-refractivity contribution is -0.191. The van der Waals surface area contributed by atoms with Crippen LogP contribution in [0.4, 0.5) is 13.2 Å². The van der Waals surface area contributed by atoms with Gasteiger partial charge in [0.2, 0.25) is 0 Å². The van der Waals surface area contributed by atoms with Gasteiger partial charge in [0.05, 0.1) is 5.41 Å². The molecule has 0 fully saturated rings. The van der Waals surface area contributed by atoms with Gasteiger partial charge in [-0.25, -0.2) is 4.79 Å². The van der Waals surface area contributed by atoms with Crippen LogP contribution in [0.5, 0.6) is 0 Å². The maximum absolute atomic E-state index is 11.8. The van der Waals surface area contributed by atoms with Crippen LogP contribution in [0.25, 0.3) is 0 Å². The van der Waals surface area contributed by atoms with Gasteiger partial charge in [0, 0.05) is 0 Å². The third-order valence-corrected chi connectivity index (χ3v) is 3.10. The molecule has 0 aliphatic rings. The fourth-order valence-electron chi connectivity index (χ4n) is 0.815. The van der Waals surface area contributed by atoms with E-state index in [1.807, 2.05) is 20.8 Å². The number of carbonyl (C=O) groups is 2. The molecule has 0 unspecified atom stereocenters. The molecule has 0 saturated heterocycles. The molecular formula is C12H19F3O4. The van der Waals surface area contributed by atoms with Gasteiger partial charge in [-0.1, -0.05) is 20.8 Å². The van der Waals surface area contributed by atoms with Crippen molar-refractivity contribution in [1.82, 2.24) is 0 Å². The second-order valence-electron chi connectivity index (χ2n) is 5.73. The number of carbonyl (C=O) groups excluding carboxylic acids is 2. The van der Waals surface area contributed by atoms with E-state index in [4.69, 9.17) is 0 Å². The Morgan fingerprint density at radius 1 is 0.947 bits per heavy atom. The third kappa shape index (κ3) is 5.94. The van der Waals surface area contributed by atoms with Crippen molar-refractivity contribution in [3.8, 4) is 0 Å². The van der Waals surface area contributed by atoms with Crippen LogP contribution in [0.2, 0.25) is 0 Å². The Morgan fingerprint density at radius 2 is 1.42 bits per heavy atom. The standard InChI is InChI=1S/C12H19F3O4/c1-10(2,3)11(4,5)9(17)18-6-8(16)19-7-12(13,14)15/h6-7H2,1-5H3. The highest BCUT2D eigenvalue weighted by Crippen LogP contribution is 2.38. The summed E-state index contributed by atoms with van der Waals surface area (Å²) in [7, 11) is 0. The summed E-state index contributed by atoms with van der Waals surface area (Å²) in [5.41, 5.74) is -1.29. The number of hydrogen-bond acceptors (Lipinski definition) is 4. The lowest BCUT2D eigenvalue weighted by atomic mass is 9.69. The molecule has 0 N–H and O–H groups in total. The van der Waals surface area contributed by atoms with Gasteiger partial charge in [-0.2, -0.15) is 13.2 Å². The predicted octanol–water partition coefficient (Wildman–Crippen LogP) is 2.71. The van der Waals surface area contributed by atoms with Gasteiger partial charge in [-0.3, -0.25) is 4.79 Å². The molecule has 0 bridgehead atoms. The smallest absolute Gasteiger partial charge is 0.422 e. The Bertz CT molecular complexity index is 340. The fraction of sp³-hybridized carbons (Fsp3) is 0.833. The van der Waals surface area contributed by atoms with Gasteiger partial charge in [-0.15, -0.1) is 0 Å². The van der Waals surface area contributed by atoms with Crippen LogP contribution >= 0.6 is 0 Å². The lowest BCUT2D eigenvalue weighted by Crippen LogP contribution is -2.39. The number of esters is 2. The summed E-state index contributed by atoms with van der Waals surface area (Å²) in [4.78, 5) is 22.7. The third-order valence-electron chi connectivity index (χ3n) is 3.10. The minimum absolute atomic E-state index is 0.417. The molecule has 0 aromatic heterocycles. The first-order valence-corrected chi connectivity index (χ1v) is 5.67. The van der Waals surface area contributed by atoms with E-state index in [2.05, 4.69) is 9.47 Å². The van der Waals surface area contributed by atoms with E-state index in [9.17, 15) is 22.8 Å². The Kier molecular flexibility index (Phi) is 5.41. The molecule has 0 atom stereocenters. The van der Waals surface area contributed by atoms with Crippen molar-refractivity contribution in [1.29, 1.82) is 0 Å². The average molecular weight is 284 g/mol. The summed E-state index contributed by atoms with van der Waals surface area (Å²) in [6.45, 7) is 6.20. The zero-order chi connectivity index (χ0) is 15.5. The van der Waals surface area contributed by atoms with E-state index >= 15 is 0 Å². The summed E-state index contributed by atoms with van der Waals surface area (Å²) in [6.07, 6.45) is -4.59. The molecule has 7 heteroatoms. The first-order valence-electron chi connectivity index (χ1n) is 5.67. The maximum atomic E-state index is 11.8. The van der Waals surface area contributed by atoms with Gasteiger partial charge in [0.1, 0.15) is 0 Å². The van der Waals surface area contributed by atoms with Gasteiger partial charge >= 0.3 is 18.1 Å². The van der Waals surface area contributed by atoms with E-state index in [1.54, 1.807) is 13.8 Å². The summed E-state index contributed by atoms with van der Waals surface area (Å²) in [5, 5.41) is 0. The van der Waals surface area contributed by atoms with Crippen molar-refractivity contribution in [2.75, 3.05) is 13.2 Å². The molecular weight excluding hydrogens is 265 g/mol. The zero-order valence-electron chi connectivity index (χ0n) is 11.7. The molecule has 0 spiro atoms. The van der Waals surface area contributed by atoms with Crippen LogP contribution in [0.1, 0.15) is 34.6 Å². The minimum Gasteiger partial charge on any atom is -0.454 e. The highest BCUT2D eigenvalue weighted by Gasteiger charge is 2.41. The monoisotopic (exact) mass is 284 g/mol. The van der Waals surface area contributed by atoms with E-state index in [0.29, 0.717) is 0 Å². The summed E-state index contributed by atoms with van der Waals surface area (Å²) >= 11 is 0. The quantitative estimate of drug-likeness (QED) is 0.745. The van der Waals surface area contributed by atoms with Crippen molar-refractivity contribution < 1.29 is 32.2 Å². The van der Waals surface area contributed by atoms with Gasteiger partial charge in [-0.05, 0) is 19.3 Å². The normalized spacial score (nSPS) is 13.1. The molecule has 0 rings (SSSR count). The number of ether oxygens (including phenoxy) is 2. The van der Waals surface area contributed by atoms with Crippen LogP contribution < -0.4 is 0 Å². The topological polar surface area (TPSA) is 52.6 Å². The van der Waals surface area contributed by atoms with Gasteiger partial charge < -0.3 is 9.47 Å². The van der Waals surface area contributed by atoms with E-state index < -0.39 is 42.2 Å². The van der Waals surface area contributed by atoms with Crippen LogP contribution in [0, 0.1) is 10.8 Å². The Balaban J connectivity index is 4.28. The van der Waals surface area contributed by atoms with Gasteiger partial charge in [0.15, 0.2) is 13.2 Å². The van der Waals surface area contributed by atoms with Crippen molar-refractivity contribution in [2.24, 2.45) is 10.8 Å².